The lowest BCUT2D eigenvalue weighted by Gasteiger charge is -2.35. The van der Waals surface area contributed by atoms with Gasteiger partial charge in [0, 0.05) is 10.9 Å². The number of aromatic hydroxyl groups is 1. The van der Waals surface area contributed by atoms with Crippen LogP contribution in [0, 0.1) is 0 Å². The highest BCUT2D eigenvalue weighted by molar-refractivity contribution is 6.48. The van der Waals surface area contributed by atoms with Gasteiger partial charge in [-0.2, -0.15) is 0 Å². The van der Waals surface area contributed by atoms with Crippen LogP contribution in [0.25, 0.3) is 0 Å². The molecule has 9 heteroatoms. The summed E-state index contributed by atoms with van der Waals surface area (Å²) >= 11 is 19.7. The fourth-order valence-corrected chi connectivity index (χ4v) is 6.82. The minimum atomic E-state index is -1.41. The molecule has 1 saturated heterocycles. The van der Waals surface area contributed by atoms with Crippen LogP contribution in [-0.2, 0) is 17.6 Å². The van der Waals surface area contributed by atoms with Gasteiger partial charge in [0.1, 0.15) is 34.1 Å². The lowest BCUT2D eigenvalue weighted by molar-refractivity contribution is -0.242. The fourth-order valence-electron chi connectivity index (χ4n) is 5.98. The molecule has 1 heterocycles. The molecule has 6 nitrogen and oxygen atoms in total. The van der Waals surface area contributed by atoms with Crippen LogP contribution < -0.4 is 4.74 Å². The standard InChI is InChI=1S/C36H61Cl3O6/c1-3-5-7-9-16-22-36(38,39)23-17-11-12-18-27-24-30(40)29(21-15-10-14-20-28(37)19-13-8-6-4-2)32(25-27)45-35-34(43)33(42)31(41)26-44-35/h24-25,28,31,33-35,40-43H,3-23,26H2,1-2H3/t28-,31-,33+,34-,35+/m1/s1. The molecule has 1 aliphatic heterocycles. The van der Waals surface area contributed by atoms with Gasteiger partial charge in [-0.25, -0.2) is 0 Å². The molecule has 5 atom stereocenters. The molecule has 1 aromatic rings. The number of hydrogen-bond donors (Lipinski definition) is 4. The molecule has 0 aromatic heterocycles. The number of rotatable bonds is 25. The maximum absolute atomic E-state index is 11.1. The fraction of sp³-hybridized carbons (Fsp3) is 0.833. The summed E-state index contributed by atoms with van der Waals surface area (Å²) in [7, 11) is 0. The second-order valence-corrected chi connectivity index (χ2v) is 15.3. The van der Waals surface area contributed by atoms with Crippen LogP contribution in [0.3, 0.4) is 0 Å². The first-order valence-corrected chi connectivity index (χ1v) is 19.0. The number of halogens is 3. The Morgan fingerprint density at radius 3 is 1.98 bits per heavy atom. The van der Waals surface area contributed by atoms with Crippen molar-refractivity contribution >= 4 is 34.8 Å². The number of unbranched alkanes of at least 4 members (excludes halogenated alkanes) is 11. The first-order valence-electron chi connectivity index (χ1n) is 17.8. The second-order valence-electron chi connectivity index (χ2n) is 13.1. The molecule has 0 aliphatic carbocycles. The molecule has 2 rings (SSSR count). The monoisotopic (exact) mass is 694 g/mol. The van der Waals surface area contributed by atoms with Gasteiger partial charge in [-0.15, -0.1) is 34.8 Å². The van der Waals surface area contributed by atoms with Gasteiger partial charge in [0.2, 0.25) is 6.29 Å². The number of ether oxygens (including phenoxy) is 2. The second kappa shape index (κ2) is 23.0. The minimum absolute atomic E-state index is 0.149. The number of benzene rings is 1. The Morgan fingerprint density at radius 2 is 1.33 bits per heavy atom. The summed E-state index contributed by atoms with van der Waals surface area (Å²) in [6, 6.07) is 3.70. The maximum atomic E-state index is 11.1. The van der Waals surface area contributed by atoms with Crippen molar-refractivity contribution in [1.29, 1.82) is 0 Å². The van der Waals surface area contributed by atoms with E-state index in [2.05, 4.69) is 13.8 Å². The molecular formula is C36H61Cl3O6. The van der Waals surface area contributed by atoms with Crippen LogP contribution in [0.2, 0.25) is 0 Å². The van der Waals surface area contributed by atoms with Gasteiger partial charge >= 0.3 is 0 Å². The van der Waals surface area contributed by atoms with Crippen molar-refractivity contribution in [2.75, 3.05) is 6.61 Å². The van der Waals surface area contributed by atoms with E-state index in [9.17, 15) is 20.4 Å². The van der Waals surface area contributed by atoms with Crippen molar-refractivity contribution in [3.63, 3.8) is 0 Å². The largest absolute Gasteiger partial charge is 0.508 e. The van der Waals surface area contributed by atoms with Crippen LogP contribution in [0.4, 0.5) is 0 Å². The molecule has 0 bridgehead atoms. The van der Waals surface area contributed by atoms with Crippen molar-refractivity contribution in [2.24, 2.45) is 0 Å². The lowest BCUT2D eigenvalue weighted by atomic mass is 9.98. The third-order valence-corrected chi connectivity index (χ3v) is 10.1. The van der Waals surface area contributed by atoms with Gasteiger partial charge in [0.05, 0.1) is 6.61 Å². The first-order chi connectivity index (χ1) is 21.6. The molecule has 1 aliphatic rings. The molecule has 1 fully saturated rings. The van der Waals surface area contributed by atoms with E-state index in [0.717, 1.165) is 82.6 Å². The molecule has 0 spiro atoms. The van der Waals surface area contributed by atoms with Crippen molar-refractivity contribution < 1.29 is 29.9 Å². The van der Waals surface area contributed by atoms with Crippen LogP contribution in [0.1, 0.15) is 147 Å². The Hall–Kier alpha value is -0.470. The topological polar surface area (TPSA) is 99.4 Å². The quantitative estimate of drug-likeness (QED) is 0.0601. The van der Waals surface area contributed by atoms with Crippen molar-refractivity contribution in [2.45, 2.75) is 183 Å². The molecule has 0 radical (unpaired) electrons. The van der Waals surface area contributed by atoms with E-state index >= 15 is 0 Å². The average molecular weight is 696 g/mol. The zero-order chi connectivity index (χ0) is 33.1. The normalized spacial score (nSPS) is 21.2. The Kier molecular flexibility index (Phi) is 20.8. The zero-order valence-electron chi connectivity index (χ0n) is 27.8. The van der Waals surface area contributed by atoms with Crippen molar-refractivity contribution in [1.82, 2.24) is 0 Å². The molecule has 0 saturated carbocycles. The molecule has 0 amide bonds. The summed E-state index contributed by atoms with van der Waals surface area (Å²) in [4.78, 5) is 0. The molecule has 1 aromatic carbocycles. The lowest BCUT2D eigenvalue weighted by Crippen LogP contribution is -2.54. The van der Waals surface area contributed by atoms with Gasteiger partial charge in [-0.3, -0.25) is 0 Å². The Balaban J connectivity index is 1.92. The third kappa shape index (κ3) is 16.5. The van der Waals surface area contributed by atoms with Crippen molar-refractivity contribution in [3.8, 4) is 11.5 Å². The first kappa shape index (κ1) is 40.7. The van der Waals surface area contributed by atoms with Crippen molar-refractivity contribution in [3.05, 3.63) is 23.3 Å². The van der Waals surface area contributed by atoms with Gasteiger partial charge in [0.25, 0.3) is 0 Å². The van der Waals surface area contributed by atoms with Crippen LogP contribution in [-0.4, -0.2) is 61.3 Å². The van der Waals surface area contributed by atoms with E-state index < -0.39 is 28.9 Å². The van der Waals surface area contributed by atoms with E-state index in [1.165, 1.54) is 51.4 Å². The summed E-state index contributed by atoms with van der Waals surface area (Å²) in [6.07, 6.45) is 16.4. The number of hydrogen-bond acceptors (Lipinski definition) is 6. The third-order valence-electron chi connectivity index (χ3n) is 8.91. The van der Waals surface area contributed by atoms with E-state index in [0.29, 0.717) is 17.7 Å². The predicted octanol–water partition coefficient (Wildman–Crippen LogP) is 9.53. The number of aryl methyl sites for hydroxylation is 1. The number of phenolic OH excluding ortho intramolecular Hbond substituents is 1. The van der Waals surface area contributed by atoms with E-state index in [-0.39, 0.29) is 17.7 Å². The number of aliphatic hydroxyl groups excluding tert-OH is 3. The van der Waals surface area contributed by atoms with Crippen LogP contribution in [0.15, 0.2) is 12.1 Å². The average Bonchev–Trinajstić information content (AvgIpc) is 3.00. The van der Waals surface area contributed by atoms with E-state index in [1.807, 2.05) is 6.07 Å². The predicted molar refractivity (Wildman–Crippen MR) is 187 cm³/mol. The highest BCUT2D eigenvalue weighted by Gasteiger charge is 2.39. The van der Waals surface area contributed by atoms with Gasteiger partial charge in [0.15, 0.2) is 0 Å². The minimum Gasteiger partial charge on any atom is -0.508 e. The van der Waals surface area contributed by atoms with Gasteiger partial charge < -0.3 is 29.9 Å². The smallest absolute Gasteiger partial charge is 0.228 e. The molecule has 4 N–H and O–H groups in total. The molecule has 262 valence electrons. The number of phenols is 1. The summed E-state index contributed by atoms with van der Waals surface area (Å²) in [5.41, 5.74) is 1.58. The number of aliphatic hydroxyl groups is 3. The van der Waals surface area contributed by atoms with Crippen LogP contribution >= 0.6 is 34.8 Å². The number of alkyl halides is 3. The van der Waals surface area contributed by atoms with E-state index in [1.54, 1.807) is 6.07 Å². The summed E-state index contributed by atoms with van der Waals surface area (Å²) in [5.74, 6) is 0.593. The highest BCUT2D eigenvalue weighted by Crippen LogP contribution is 2.36. The SMILES string of the molecule is CCCCCCCC(Cl)(Cl)CCCCCc1cc(O)c(CCCCC[C@H](Cl)CCCCCC)c(O[C@@H]2OC[C@@H](O)[C@H](O)[C@H]2O)c1. The summed E-state index contributed by atoms with van der Waals surface area (Å²) < 4.78 is 10.9. The summed E-state index contributed by atoms with van der Waals surface area (Å²) in [6.45, 7) is 4.27. The van der Waals surface area contributed by atoms with Gasteiger partial charge in [-0.1, -0.05) is 97.3 Å². The van der Waals surface area contributed by atoms with Gasteiger partial charge in [-0.05, 0) is 69.1 Å². The zero-order valence-corrected chi connectivity index (χ0v) is 30.1. The molecule has 45 heavy (non-hydrogen) atoms. The Bertz CT molecular complexity index is 917. The van der Waals surface area contributed by atoms with E-state index in [4.69, 9.17) is 44.3 Å². The van der Waals surface area contributed by atoms with Crippen LogP contribution in [0.5, 0.6) is 11.5 Å². The molecular weight excluding hydrogens is 635 g/mol. The highest BCUT2D eigenvalue weighted by atomic mass is 35.5. The summed E-state index contributed by atoms with van der Waals surface area (Å²) in [5, 5.41) is 41.8. The Morgan fingerprint density at radius 1 is 0.778 bits per heavy atom. The molecule has 0 unspecified atom stereocenters. The maximum Gasteiger partial charge on any atom is 0.228 e. The Labute approximate surface area is 288 Å².